The Morgan fingerprint density at radius 1 is 1.18 bits per heavy atom. The Labute approximate surface area is 166 Å². The highest BCUT2D eigenvalue weighted by Crippen LogP contribution is 2.41. The van der Waals surface area contributed by atoms with Gasteiger partial charge < -0.3 is 24.2 Å². The average Bonchev–Trinajstić information content (AvgIpc) is 3.33. The molecule has 1 atom stereocenters. The maximum atomic E-state index is 13.1. The number of methoxy groups -OCH3 is 3. The molecule has 8 heteroatoms. The molecule has 148 valence electrons. The predicted octanol–water partition coefficient (Wildman–Crippen LogP) is 2.99. The van der Waals surface area contributed by atoms with Gasteiger partial charge in [0.05, 0.1) is 37.3 Å². The molecule has 1 aliphatic rings. The molecule has 1 N–H and O–H groups in total. The summed E-state index contributed by atoms with van der Waals surface area (Å²) in [5, 5.41) is 12.3. The normalized spacial score (nSPS) is 16.6. The molecular weight excluding hydrogens is 382 g/mol. The fourth-order valence-electron chi connectivity index (χ4n) is 3.22. The molecule has 0 fully saturated rings. The maximum Gasteiger partial charge on any atom is 0.290 e. The molecule has 0 radical (unpaired) electrons. The number of carbonyl (C=O) groups is 2. The molecule has 0 aliphatic carbocycles. The Kier molecular flexibility index (Phi) is 6.01. The maximum absolute atomic E-state index is 13.1. The van der Waals surface area contributed by atoms with Crippen molar-refractivity contribution in [1.29, 1.82) is 0 Å². The number of hydrogen-bond acceptors (Lipinski definition) is 7. The van der Waals surface area contributed by atoms with E-state index in [1.165, 1.54) is 37.6 Å². The van der Waals surface area contributed by atoms with Crippen molar-refractivity contribution >= 4 is 23.0 Å². The van der Waals surface area contributed by atoms with E-state index >= 15 is 0 Å². The van der Waals surface area contributed by atoms with Crippen LogP contribution in [0.1, 0.15) is 21.3 Å². The van der Waals surface area contributed by atoms with Crippen LogP contribution in [0, 0.1) is 0 Å². The third kappa shape index (κ3) is 3.48. The Bertz CT molecular complexity index is 905. The van der Waals surface area contributed by atoms with Crippen LogP contribution < -0.4 is 9.47 Å². The van der Waals surface area contributed by atoms with Crippen molar-refractivity contribution in [2.45, 2.75) is 6.04 Å². The van der Waals surface area contributed by atoms with Crippen LogP contribution in [0.5, 0.6) is 11.5 Å². The molecule has 1 aromatic heterocycles. The molecule has 1 aromatic carbocycles. The lowest BCUT2D eigenvalue weighted by molar-refractivity contribution is -0.130. The number of aliphatic hydroxyl groups is 1. The molecule has 7 nitrogen and oxygen atoms in total. The van der Waals surface area contributed by atoms with Gasteiger partial charge in [-0.1, -0.05) is 12.1 Å². The molecule has 0 spiro atoms. The van der Waals surface area contributed by atoms with Crippen LogP contribution in [0.25, 0.3) is 0 Å². The third-order valence-electron chi connectivity index (χ3n) is 4.55. The van der Waals surface area contributed by atoms with E-state index in [1.807, 2.05) is 0 Å². The number of thiophene rings is 1. The minimum absolute atomic E-state index is 0.0516. The summed E-state index contributed by atoms with van der Waals surface area (Å²) in [6, 6.07) is 7.82. The van der Waals surface area contributed by atoms with Gasteiger partial charge >= 0.3 is 0 Å². The van der Waals surface area contributed by atoms with Crippen LogP contribution in [-0.2, 0) is 9.53 Å². The van der Waals surface area contributed by atoms with Gasteiger partial charge in [0.25, 0.3) is 5.91 Å². The van der Waals surface area contributed by atoms with Gasteiger partial charge in [-0.05, 0) is 29.1 Å². The van der Waals surface area contributed by atoms with E-state index in [9.17, 15) is 14.7 Å². The van der Waals surface area contributed by atoms with Crippen LogP contribution in [-0.4, -0.2) is 56.2 Å². The van der Waals surface area contributed by atoms with Gasteiger partial charge in [-0.25, -0.2) is 0 Å². The lowest BCUT2D eigenvalue weighted by Crippen LogP contribution is -2.34. The van der Waals surface area contributed by atoms with Crippen LogP contribution >= 0.6 is 11.3 Å². The number of Topliss-reactive ketones (excluding diaryl/α,β-unsaturated/α-hetero) is 1. The second-order valence-corrected chi connectivity index (χ2v) is 7.02. The fraction of sp³-hybridized carbons (Fsp3) is 0.300. The van der Waals surface area contributed by atoms with Crippen LogP contribution in [0.3, 0.4) is 0 Å². The summed E-state index contributed by atoms with van der Waals surface area (Å²) in [5.74, 6) is -0.515. The van der Waals surface area contributed by atoms with E-state index in [0.717, 1.165) is 0 Å². The van der Waals surface area contributed by atoms with Gasteiger partial charge in [0.2, 0.25) is 5.78 Å². The van der Waals surface area contributed by atoms with E-state index in [1.54, 1.807) is 35.7 Å². The topological polar surface area (TPSA) is 85.3 Å². The van der Waals surface area contributed by atoms with E-state index in [4.69, 9.17) is 14.2 Å². The third-order valence-corrected chi connectivity index (χ3v) is 5.42. The molecule has 0 saturated carbocycles. The van der Waals surface area contributed by atoms with Crippen molar-refractivity contribution in [2.24, 2.45) is 0 Å². The molecule has 1 amide bonds. The second kappa shape index (κ2) is 8.45. The van der Waals surface area contributed by atoms with Crippen molar-refractivity contribution in [3.8, 4) is 11.5 Å². The summed E-state index contributed by atoms with van der Waals surface area (Å²) in [4.78, 5) is 27.7. The molecule has 0 bridgehead atoms. The molecule has 1 aliphatic heterocycles. The summed E-state index contributed by atoms with van der Waals surface area (Å²) in [6.07, 6.45) is 0. The van der Waals surface area contributed by atoms with Crippen molar-refractivity contribution in [3.63, 3.8) is 0 Å². The molecule has 28 heavy (non-hydrogen) atoms. The van der Waals surface area contributed by atoms with Crippen LogP contribution in [0.2, 0.25) is 0 Å². The average molecular weight is 403 g/mol. The number of ketones is 1. The Hall–Kier alpha value is -2.84. The van der Waals surface area contributed by atoms with E-state index in [0.29, 0.717) is 21.9 Å². The van der Waals surface area contributed by atoms with Gasteiger partial charge in [-0.15, -0.1) is 11.3 Å². The molecule has 2 heterocycles. The minimum atomic E-state index is -0.753. The van der Waals surface area contributed by atoms with E-state index in [2.05, 4.69) is 0 Å². The number of hydrogen-bond donors (Lipinski definition) is 1. The zero-order valence-corrected chi connectivity index (χ0v) is 16.6. The zero-order chi connectivity index (χ0) is 20.3. The number of aliphatic hydroxyl groups excluding tert-OH is 1. The van der Waals surface area contributed by atoms with Gasteiger partial charge in [0.1, 0.15) is 0 Å². The Morgan fingerprint density at radius 3 is 2.54 bits per heavy atom. The number of nitrogens with zero attached hydrogens (tertiary/aromatic N) is 1. The predicted molar refractivity (Wildman–Crippen MR) is 104 cm³/mol. The fourth-order valence-corrected chi connectivity index (χ4v) is 3.89. The SMILES string of the molecule is COCCN1C(=O)C(O)=C(C(=O)c2cccs2)[C@H]1c1ccc(OC)c(OC)c1. The number of amides is 1. The molecule has 2 aromatic rings. The lowest BCUT2D eigenvalue weighted by Gasteiger charge is -2.27. The summed E-state index contributed by atoms with van der Waals surface area (Å²) >= 11 is 1.26. The Balaban J connectivity index is 2.11. The van der Waals surface area contributed by atoms with Crippen molar-refractivity contribution < 1.29 is 28.9 Å². The van der Waals surface area contributed by atoms with E-state index < -0.39 is 17.7 Å². The number of rotatable bonds is 8. The van der Waals surface area contributed by atoms with Crippen LogP contribution in [0.4, 0.5) is 0 Å². The first-order chi connectivity index (χ1) is 13.5. The van der Waals surface area contributed by atoms with Crippen molar-refractivity contribution in [2.75, 3.05) is 34.5 Å². The lowest BCUT2D eigenvalue weighted by atomic mass is 9.95. The molecule has 3 rings (SSSR count). The summed E-state index contributed by atoms with van der Waals surface area (Å²) in [7, 11) is 4.56. The first kappa shape index (κ1) is 19.9. The molecular formula is C20H21NO6S. The Morgan fingerprint density at radius 2 is 1.93 bits per heavy atom. The highest BCUT2D eigenvalue weighted by molar-refractivity contribution is 7.12. The quantitative estimate of drug-likeness (QED) is 0.682. The largest absolute Gasteiger partial charge is 0.503 e. The highest BCUT2D eigenvalue weighted by atomic mass is 32.1. The van der Waals surface area contributed by atoms with Crippen LogP contribution in [0.15, 0.2) is 47.0 Å². The summed E-state index contributed by atoms with van der Waals surface area (Å²) in [6.45, 7) is 0.489. The first-order valence-electron chi connectivity index (χ1n) is 8.56. The zero-order valence-electron chi connectivity index (χ0n) is 15.8. The summed E-state index contributed by atoms with van der Waals surface area (Å²) in [5.41, 5.74) is 0.682. The molecule has 0 unspecified atom stereocenters. The van der Waals surface area contributed by atoms with Crippen molar-refractivity contribution in [1.82, 2.24) is 4.90 Å². The number of ether oxygens (including phenoxy) is 3. The number of carbonyl (C=O) groups excluding carboxylic acids is 2. The van der Waals surface area contributed by atoms with Gasteiger partial charge in [0, 0.05) is 13.7 Å². The van der Waals surface area contributed by atoms with Gasteiger partial charge in [-0.2, -0.15) is 0 Å². The monoisotopic (exact) mass is 403 g/mol. The first-order valence-corrected chi connectivity index (χ1v) is 9.44. The smallest absolute Gasteiger partial charge is 0.290 e. The highest BCUT2D eigenvalue weighted by Gasteiger charge is 2.44. The standard InChI is InChI=1S/C20H21NO6S/c1-25-9-8-21-17(12-6-7-13(26-2)14(11-12)27-3)16(19(23)20(21)24)18(22)15-5-4-10-28-15/h4-7,10-11,17,23H,8-9H2,1-3H3/t17-/m1/s1. The van der Waals surface area contributed by atoms with Crippen molar-refractivity contribution in [3.05, 3.63) is 57.5 Å². The second-order valence-electron chi connectivity index (χ2n) is 6.08. The summed E-state index contributed by atoms with van der Waals surface area (Å²) < 4.78 is 15.7. The minimum Gasteiger partial charge on any atom is -0.503 e. The molecule has 0 saturated heterocycles. The van der Waals surface area contributed by atoms with Gasteiger partial charge in [-0.3, -0.25) is 9.59 Å². The number of benzene rings is 1. The van der Waals surface area contributed by atoms with E-state index in [-0.39, 0.29) is 24.5 Å². The van der Waals surface area contributed by atoms with Gasteiger partial charge in [0.15, 0.2) is 17.3 Å².